The molecule has 5 rings (SSSR count). The highest BCUT2D eigenvalue weighted by Gasteiger charge is 2.41. The number of nitrogens with zero attached hydrogens (tertiary/aromatic N) is 2. The third-order valence-electron chi connectivity index (χ3n) is 6.27. The van der Waals surface area contributed by atoms with E-state index in [4.69, 9.17) is 16.6 Å². The molecular weight excluding hydrogens is 507 g/mol. The van der Waals surface area contributed by atoms with Gasteiger partial charge in [-0.3, -0.25) is 9.78 Å². The summed E-state index contributed by atoms with van der Waals surface area (Å²) in [5.41, 5.74) is 1.40. The van der Waals surface area contributed by atoms with Crippen LogP contribution in [0.3, 0.4) is 0 Å². The maximum atomic E-state index is 14.0. The van der Waals surface area contributed by atoms with Crippen molar-refractivity contribution < 1.29 is 23.5 Å². The zero-order valence-electron chi connectivity index (χ0n) is 20.0. The van der Waals surface area contributed by atoms with Crippen LogP contribution >= 0.6 is 12.2 Å². The van der Waals surface area contributed by atoms with E-state index in [1.54, 1.807) is 48.7 Å². The van der Waals surface area contributed by atoms with Crippen molar-refractivity contribution in [2.24, 2.45) is 0 Å². The molecule has 3 heterocycles. The molecule has 8 nitrogen and oxygen atoms in total. The van der Waals surface area contributed by atoms with Crippen LogP contribution in [0, 0.1) is 5.82 Å². The minimum atomic E-state index is -1.06. The molecular formula is C28H23FN4O4S. The third kappa shape index (κ3) is 5.12. The summed E-state index contributed by atoms with van der Waals surface area (Å²) in [4.78, 5) is 30.7. The van der Waals surface area contributed by atoms with Crippen LogP contribution in [-0.2, 0) is 4.79 Å². The van der Waals surface area contributed by atoms with Crippen molar-refractivity contribution >= 4 is 34.9 Å². The highest BCUT2D eigenvalue weighted by atomic mass is 32.1. The van der Waals surface area contributed by atoms with E-state index < -0.39 is 17.8 Å². The number of nitrogens with one attached hydrogen (secondary N) is 2. The van der Waals surface area contributed by atoms with Crippen molar-refractivity contribution in [3.05, 3.63) is 108 Å². The van der Waals surface area contributed by atoms with Crippen molar-refractivity contribution in [2.75, 3.05) is 11.9 Å². The number of halogens is 1. The Morgan fingerprint density at radius 3 is 2.58 bits per heavy atom. The molecule has 1 saturated heterocycles. The normalized spacial score (nSPS) is 16.8. The number of rotatable bonds is 8. The van der Waals surface area contributed by atoms with Gasteiger partial charge in [-0.1, -0.05) is 36.4 Å². The molecule has 1 fully saturated rings. The van der Waals surface area contributed by atoms with Gasteiger partial charge >= 0.3 is 5.97 Å². The number of thiocarbonyl (C=S) groups is 1. The summed E-state index contributed by atoms with van der Waals surface area (Å²) in [5, 5.41) is 15.9. The Kier molecular flexibility index (Phi) is 7.14. The lowest BCUT2D eigenvalue weighted by Gasteiger charge is -2.25. The molecule has 4 aromatic rings. The monoisotopic (exact) mass is 530 g/mol. The topological polar surface area (TPSA) is 108 Å². The number of hydrogen-bond acceptors (Lipinski definition) is 5. The number of amides is 1. The summed E-state index contributed by atoms with van der Waals surface area (Å²) in [6.45, 7) is 0.224. The summed E-state index contributed by atoms with van der Waals surface area (Å²) in [5.74, 6) is -1.02. The molecule has 0 unspecified atom stereocenters. The van der Waals surface area contributed by atoms with Crippen LogP contribution in [-0.4, -0.2) is 38.5 Å². The number of anilines is 1. The second kappa shape index (κ2) is 10.8. The van der Waals surface area contributed by atoms with Crippen LogP contribution in [0.4, 0.5) is 10.1 Å². The van der Waals surface area contributed by atoms with Gasteiger partial charge in [-0.2, -0.15) is 0 Å². The molecule has 38 heavy (non-hydrogen) atoms. The van der Waals surface area contributed by atoms with Crippen molar-refractivity contribution in [3.8, 4) is 11.3 Å². The number of para-hydroxylation sites is 1. The number of pyridine rings is 1. The van der Waals surface area contributed by atoms with Crippen molar-refractivity contribution in [3.63, 3.8) is 0 Å². The molecule has 3 N–H and O–H groups in total. The molecule has 1 aliphatic rings. The number of furan rings is 1. The Bertz CT molecular complexity index is 1490. The quantitative estimate of drug-likeness (QED) is 0.268. The minimum absolute atomic E-state index is 0.0387. The van der Waals surface area contributed by atoms with Gasteiger partial charge in [-0.15, -0.1) is 0 Å². The standard InChI is InChI=1S/C28H23FN4O4S/c29-19-9-3-4-10-20(19)31-24(34)14-16-33-26(25(32-28(33)38)21-11-5-6-15-30-21)23-13-12-22(37-23)17-7-1-2-8-18(17)27(35)36/h1-13,15,25-26H,14,16H2,(H,31,34)(H,32,38)(H,35,36)/t25-,26-/m0/s1. The van der Waals surface area contributed by atoms with Crippen molar-refractivity contribution in [2.45, 2.75) is 18.5 Å². The Hall–Kier alpha value is -4.57. The first-order valence-electron chi connectivity index (χ1n) is 11.9. The molecule has 0 bridgehead atoms. The van der Waals surface area contributed by atoms with Crippen LogP contribution in [0.1, 0.15) is 40.3 Å². The SMILES string of the molecule is O=C(CCN1C(=S)N[C@@H](c2ccccn2)[C@@H]1c1ccc(-c2ccccc2C(=O)O)o1)Nc1ccccc1F. The van der Waals surface area contributed by atoms with Gasteiger partial charge in [0.05, 0.1) is 23.0 Å². The summed E-state index contributed by atoms with van der Waals surface area (Å²) in [6, 6.07) is 20.7. The lowest BCUT2D eigenvalue weighted by Crippen LogP contribution is -2.32. The molecule has 2 atom stereocenters. The molecule has 0 aliphatic carbocycles. The van der Waals surface area contributed by atoms with Gasteiger partial charge in [-0.05, 0) is 54.7 Å². The van der Waals surface area contributed by atoms with Gasteiger partial charge in [0.1, 0.15) is 23.4 Å². The zero-order chi connectivity index (χ0) is 26.6. The number of carboxylic acid groups (broad SMARTS) is 1. The minimum Gasteiger partial charge on any atom is -0.478 e. The van der Waals surface area contributed by atoms with Crippen LogP contribution < -0.4 is 10.6 Å². The number of aromatic nitrogens is 1. The average molecular weight is 531 g/mol. The average Bonchev–Trinajstić information content (AvgIpc) is 3.53. The number of carbonyl (C=O) groups is 2. The van der Waals surface area contributed by atoms with E-state index in [2.05, 4.69) is 15.6 Å². The summed E-state index contributed by atoms with van der Waals surface area (Å²) in [6.07, 6.45) is 1.72. The van der Waals surface area contributed by atoms with E-state index in [9.17, 15) is 19.1 Å². The van der Waals surface area contributed by atoms with Gasteiger partial charge in [0.2, 0.25) is 5.91 Å². The van der Waals surface area contributed by atoms with Gasteiger partial charge < -0.3 is 25.1 Å². The molecule has 0 spiro atoms. The summed E-state index contributed by atoms with van der Waals surface area (Å²) >= 11 is 5.63. The van der Waals surface area contributed by atoms with Crippen LogP contribution in [0.25, 0.3) is 11.3 Å². The van der Waals surface area contributed by atoms with E-state index >= 15 is 0 Å². The molecule has 0 saturated carbocycles. The predicted octanol–water partition coefficient (Wildman–Crippen LogP) is 5.18. The van der Waals surface area contributed by atoms with E-state index in [-0.39, 0.29) is 36.2 Å². The molecule has 10 heteroatoms. The van der Waals surface area contributed by atoms with Crippen molar-refractivity contribution in [1.82, 2.24) is 15.2 Å². The number of hydrogen-bond donors (Lipinski definition) is 3. The largest absolute Gasteiger partial charge is 0.478 e. The Balaban J connectivity index is 1.43. The first kappa shape index (κ1) is 25.1. The van der Waals surface area contributed by atoms with Crippen LogP contribution in [0.5, 0.6) is 0 Å². The van der Waals surface area contributed by atoms with E-state index in [1.165, 1.54) is 18.2 Å². The number of carbonyl (C=O) groups excluding carboxylic acids is 1. The maximum absolute atomic E-state index is 14.0. The van der Waals surface area contributed by atoms with Crippen molar-refractivity contribution in [1.29, 1.82) is 0 Å². The smallest absolute Gasteiger partial charge is 0.336 e. The fourth-order valence-corrected chi connectivity index (χ4v) is 4.83. The fraction of sp³-hybridized carbons (Fsp3) is 0.143. The van der Waals surface area contributed by atoms with E-state index in [1.807, 2.05) is 23.1 Å². The second-order valence-corrected chi connectivity index (χ2v) is 9.04. The first-order valence-corrected chi connectivity index (χ1v) is 12.3. The molecule has 1 aliphatic heterocycles. The van der Waals surface area contributed by atoms with E-state index in [0.29, 0.717) is 22.2 Å². The van der Waals surface area contributed by atoms with Gasteiger partial charge in [-0.25, -0.2) is 9.18 Å². The zero-order valence-corrected chi connectivity index (χ0v) is 20.8. The Labute approximate surface area is 223 Å². The number of carboxylic acids is 1. The maximum Gasteiger partial charge on any atom is 0.336 e. The predicted molar refractivity (Wildman–Crippen MR) is 143 cm³/mol. The molecule has 2 aromatic heterocycles. The Morgan fingerprint density at radius 1 is 1.05 bits per heavy atom. The van der Waals surface area contributed by atoms with Gasteiger partial charge in [0.25, 0.3) is 0 Å². The molecule has 0 radical (unpaired) electrons. The molecule has 1 amide bonds. The van der Waals surface area contributed by atoms with E-state index in [0.717, 1.165) is 5.69 Å². The van der Waals surface area contributed by atoms with Crippen LogP contribution in [0.2, 0.25) is 0 Å². The molecule has 192 valence electrons. The van der Waals surface area contributed by atoms with Gasteiger partial charge in [0, 0.05) is 24.7 Å². The molecule has 2 aromatic carbocycles. The third-order valence-corrected chi connectivity index (χ3v) is 6.62. The van der Waals surface area contributed by atoms with Crippen LogP contribution in [0.15, 0.2) is 89.5 Å². The second-order valence-electron chi connectivity index (χ2n) is 8.65. The first-order chi connectivity index (χ1) is 18.4. The lowest BCUT2D eigenvalue weighted by atomic mass is 10.0. The Morgan fingerprint density at radius 2 is 1.82 bits per heavy atom. The number of benzene rings is 2. The number of aromatic carboxylic acids is 1. The van der Waals surface area contributed by atoms with Gasteiger partial charge in [0.15, 0.2) is 5.11 Å². The summed E-state index contributed by atoms with van der Waals surface area (Å²) in [7, 11) is 0. The highest BCUT2D eigenvalue weighted by Crippen LogP contribution is 2.40. The fourth-order valence-electron chi connectivity index (χ4n) is 4.49. The lowest BCUT2D eigenvalue weighted by molar-refractivity contribution is -0.116. The summed E-state index contributed by atoms with van der Waals surface area (Å²) < 4.78 is 20.2. The highest BCUT2D eigenvalue weighted by molar-refractivity contribution is 7.80.